The molecule has 0 N–H and O–H groups in total. The van der Waals surface area contributed by atoms with E-state index >= 15 is 0 Å². The van der Waals surface area contributed by atoms with Crippen molar-refractivity contribution in [3.8, 4) is 0 Å². The van der Waals surface area contributed by atoms with Gasteiger partial charge in [0.25, 0.3) is 0 Å². The number of epoxide rings is 1. The topological polar surface area (TPSA) is 40.2 Å². The Hall–Kier alpha value is 0.491. The molecule has 1 rings (SSSR count). The summed E-state index contributed by atoms with van der Waals surface area (Å²) in [6, 6.07) is 3.54. The molecule has 132 valence electrons. The van der Waals surface area contributed by atoms with Gasteiger partial charge in [-0.1, -0.05) is 19.9 Å². The van der Waals surface area contributed by atoms with E-state index in [1.807, 2.05) is 0 Å². The lowest BCUT2D eigenvalue weighted by atomic mass is 10.5. The molecule has 7 heteroatoms. The first-order chi connectivity index (χ1) is 10.3. The van der Waals surface area contributed by atoms with Crippen LogP contribution in [0.15, 0.2) is 0 Å². The third-order valence-electron chi connectivity index (χ3n) is 4.29. The molecule has 0 bridgehead atoms. The summed E-state index contributed by atoms with van der Waals surface area (Å²) in [5.41, 5.74) is 0. The maximum atomic E-state index is 6.43. The van der Waals surface area contributed by atoms with Crippen molar-refractivity contribution >= 4 is 26.2 Å². The van der Waals surface area contributed by atoms with Gasteiger partial charge in [-0.15, -0.1) is 0 Å². The van der Waals surface area contributed by atoms with Gasteiger partial charge in [-0.3, -0.25) is 0 Å². The first-order valence-corrected chi connectivity index (χ1v) is 16.9. The maximum Gasteiger partial charge on any atom is 0.189 e. The largest absolute Gasteiger partial charge is 0.397 e. The zero-order valence-corrected chi connectivity index (χ0v) is 18.9. The third-order valence-corrected chi connectivity index (χ3v) is 11.9. The molecule has 0 amide bonds. The number of ether oxygens (including phenoxy) is 2. The Morgan fingerprint density at radius 2 is 1.64 bits per heavy atom. The van der Waals surface area contributed by atoms with Crippen molar-refractivity contribution < 1.29 is 18.3 Å². The summed E-state index contributed by atoms with van der Waals surface area (Å²) in [6.07, 6.45) is 1.51. The number of hydrogen-bond donors (Lipinski definition) is 0. The fourth-order valence-electron chi connectivity index (χ4n) is 1.91. The Bertz CT molecular complexity index is 291. The molecule has 0 spiro atoms. The predicted octanol–water partition coefficient (Wildman–Crippen LogP) is 3.15. The predicted molar refractivity (Wildman–Crippen MR) is 100 cm³/mol. The normalized spacial score (nSPS) is 19.5. The van der Waals surface area contributed by atoms with Gasteiger partial charge in [-0.2, -0.15) is 0 Å². The lowest BCUT2D eigenvalue weighted by Crippen LogP contribution is -2.45. The van der Waals surface area contributed by atoms with Gasteiger partial charge >= 0.3 is 0 Å². The standard InChI is InChI=1S/C15H36O4Si3/c1-7-21(3,4)18-15(19-22(5,6)8-2)20-11-9-10-16-12-14-13-17-14/h14-15H,7-13,20H2,1-6H3. The highest BCUT2D eigenvalue weighted by Gasteiger charge is 2.30. The zero-order chi connectivity index (χ0) is 16.6. The number of rotatable bonds is 13. The van der Waals surface area contributed by atoms with E-state index in [9.17, 15) is 0 Å². The summed E-state index contributed by atoms with van der Waals surface area (Å²) in [6.45, 7) is 16.2. The molecule has 0 aliphatic carbocycles. The summed E-state index contributed by atoms with van der Waals surface area (Å²) in [7, 11) is -3.47. The van der Waals surface area contributed by atoms with E-state index in [1.54, 1.807) is 0 Å². The zero-order valence-electron chi connectivity index (χ0n) is 15.4. The fourth-order valence-corrected chi connectivity index (χ4v) is 8.34. The minimum Gasteiger partial charge on any atom is -0.397 e. The van der Waals surface area contributed by atoms with Gasteiger partial charge in [-0.25, -0.2) is 0 Å². The lowest BCUT2D eigenvalue weighted by molar-refractivity contribution is 0.0575. The summed E-state index contributed by atoms with van der Waals surface area (Å²) in [5, 5.41) is 0. The molecule has 4 nitrogen and oxygen atoms in total. The van der Waals surface area contributed by atoms with Crippen LogP contribution in [0.4, 0.5) is 0 Å². The molecule has 0 aromatic rings. The molecule has 1 heterocycles. The molecule has 1 aliphatic heterocycles. The first-order valence-electron chi connectivity index (χ1n) is 8.83. The van der Waals surface area contributed by atoms with Crippen molar-refractivity contribution in [3.63, 3.8) is 0 Å². The molecule has 0 saturated carbocycles. The molecular formula is C15H36O4Si3. The van der Waals surface area contributed by atoms with E-state index in [0.29, 0.717) is 6.10 Å². The van der Waals surface area contributed by atoms with Crippen molar-refractivity contribution in [2.75, 3.05) is 19.8 Å². The van der Waals surface area contributed by atoms with Crippen LogP contribution in [0.3, 0.4) is 0 Å². The van der Waals surface area contributed by atoms with Gasteiger partial charge in [0.2, 0.25) is 0 Å². The van der Waals surface area contributed by atoms with Crippen LogP contribution >= 0.6 is 0 Å². The smallest absolute Gasteiger partial charge is 0.189 e. The molecule has 22 heavy (non-hydrogen) atoms. The van der Waals surface area contributed by atoms with Gasteiger partial charge in [0.15, 0.2) is 16.6 Å². The molecule has 1 fully saturated rings. The Labute approximate surface area is 141 Å². The highest BCUT2D eigenvalue weighted by molar-refractivity contribution is 6.73. The van der Waals surface area contributed by atoms with Gasteiger partial charge in [0.05, 0.1) is 22.7 Å². The quantitative estimate of drug-likeness (QED) is 0.218. The summed E-state index contributed by atoms with van der Waals surface area (Å²) >= 11 is 0. The van der Waals surface area contributed by atoms with Crippen LogP contribution in [0.25, 0.3) is 0 Å². The van der Waals surface area contributed by atoms with Crippen LogP contribution in [0.2, 0.25) is 44.3 Å². The molecule has 1 atom stereocenters. The summed E-state index contributed by atoms with van der Waals surface area (Å²) < 4.78 is 23.6. The van der Waals surface area contributed by atoms with Crippen molar-refractivity contribution in [2.24, 2.45) is 0 Å². The van der Waals surface area contributed by atoms with Crippen LogP contribution in [-0.2, 0) is 18.3 Å². The highest BCUT2D eigenvalue weighted by atomic mass is 28.4. The average molecular weight is 365 g/mol. The van der Waals surface area contributed by atoms with E-state index in [2.05, 4.69) is 40.0 Å². The van der Waals surface area contributed by atoms with Gasteiger partial charge in [-0.05, 0) is 44.7 Å². The first kappa shape index (κ1) is 20.5. The summed E-state index contributed by atoms with van der Waals surface area (Å²) in [5.74, 6) is 0.120. The Kier molecular flexibility index (Phi) is 9.06. The monoisotopic (exact) mass is 364 g/mol. The SMILES string of the molecule is CC[Si](C)(C)OC(O[Si](C)(C)CC)[SiH2]CCCOCC1CO1. The van der Waals surface area contributed by atoms with Gasteiger partial charge in [0.1, 0.15) is 12.0 Å². The van der Waals surface area contributed by atoms with E-state index in [-0.39, 0.29) is 15.4 Å². The summed E-state index contributed by atoms with van der Waals surface area (Å²) in [4.78, 5) is 0. The minimum atomic E-state index is -1.55. The van der Waals surface area contributed by atoms with Gasteiger partial charge in [0, 0.05) is 6.61 Å². The second-order valence-corrected chi connectivity index (χ2v) is 18.3. The van der Waals surface area contributed by atoms with Crippen LogP contribution < -0.4 is 0 Å². The molecule has 1 saturated heterocycles. The second-order valence-electron chi connectivity index (χ2n) is 7.42. The van der Waals surface area contributed by atoms with Gasteiger partial charge < -0.3 is 18.3 Å². The second kappa shape index (κ2) is 9.71. The van der Waals surface area contributed by atoms with Crippen LogP contribution in [0.5, 0.6) is 0 Å². The van der Waals surface area contributed by atoms with Crippen molar-refractivity contribution in [2.45, 2.75) is 76.6 Å². The lowest BCUT2D eigenvalue weighted by Gasteiger charge is -2.34. The van der Waals surface area contributed by atoms with Crippen molar-refractivity contribution in [1.82, 2.24) is 0 Å². The Balaban J connectivity index is 2.29. The van der Waals surface area contributed by atoms with E-state index in [4.69, 9.17) is 18.3 Å². The molecule has 0 aromatic heterocycles. The number of hydrogen-bond acceptors (Lipinski definition) is 4. The van der Waals surface area contributed by atoms with E-state index in [1.165, 1.54) is 6.04 Å². The maximum absolute atomic E-state index is 6.43. The van der Waals surface area contributed by atoms with Crippen LogP contribution in [0.1, 0.15) is 20.3 Å². The van der Waals surface area contributed by atoms with Crippen molar-refractivity contribution in [1.29, 1.82) is 0 Å². The van der Waals surface area contributed by atoms with Crippen LogP contribution in [0, 0.1) is 0 Å². The van der Waals surface area contributed by atoms with Crippen LogP contribution in [-0.4, -0.2) is 58.0 Å². The van der Waals surface area contributed by atoms with Crippen molar-refractivity contribution in [3.05, 3.63) is 0 Å². The molecule has 0 radical (unpaired) electrons. The third kappa shape index (κ3) is 9.59. The molecule has 0 aromatic carbocycles. The van der Waals surface area contributed by atoms with E-state index in [0.717, 1.165) is 38.3 Å². The molecular weight excluding hydrogens is 328 g/mol. The van der Waals surface area contributed by atoms with E-state index < -0.39 is 16.6 Å². The minimum absolute atomic E-state index is 0.120. The highest BCUT2D eigenvalue weighted by Crippen LogP contribution is 2.19. The average Bonchev–Trinajstić information content (AvgIpc) is 3.26. The fraction of sp³-hybridized carbons (Fsp3) is 1.00. The molecule has 1 aliphatic rings. The Morgan fingerprint density at radius 1 is 1.09 bits per heavy atom. The Morgan fingerprint density at radius 3 is 2.09 bits per heavy atom. The molecule has 1 unspecified atom stereocenters.